The van der Waals surface area contributed by atoms with Crippen molar-refractivity contribution in [1.82, 2.24) is 14.5 Å². The third kappa shape index (κ3) is 5.72. The number of carboxylic acids is 1. The summed E-state index contributed by atoms with van der Waals surface area (Å²) in [6.07, 6.45) is 10.2. The minimum atomic E-state index is -1.01. The quantitative estimate of drug-likeness (QED) is 0.384. The van der Waals surface area contributed by atoms with Crippen LogP contribution in [-0.2, 0) is 19.6 Å². The maximum absolute atomic E-state index is 11.1. The van der Waals surface area contributed by atoms with Crippen LogP contribution in [0, 0.1) is 0 Å². The van der Waals surface area contributed by atoms with Gasteiger partial charge >= 0.3 is 5.97 Å². The van der Waals surface area contributed by atoms with E-state index in [0.717, 1.165) is 35.4 Å². The number of aryl methyl sites for hydroxylation is 2. The van der Waals surface area contributed by atoms with Crippen molar-refractivity contribution in [3.8, 4) is 5.75 Å². The molecule has 0 aliphatic heterocycles. The molecule has 2 heterocycles. The van der Waals surface area contributed by atoms with Crippen molar-refractivity contribution < 1.29 is 19.1 Å². The summed E-state index contributed by atoms with van der Waals surface area (Å²) in [5.41, 5.74) is 2.96. The maximum atomic E-state index is 11.1. The number of benzene rings is 2. The maximum Gasteiger partial charge on any atom is 0.372 e. The van der Waals surface area contributed by atoms with Crippen LogP contribution >= 0.6 is 0 Å². The topological polar surface area (TPSA) is 90.4 Å². The highest BCUT2D eigenvalue weighted by atomic mass is 16.5. The zero-order chi connectivity index (χ0) is 22.2. The minimum Gasteiger partial charge on any atom is -0.487 e. The molecule has 0 spiro atoms. The molecule has 0 bridgehead atoms. The van der Waals surface area contributed by atoms with E-state index < -0.39 is 5.97 Å². The monoisotopic (exact) mass is 429 g/mol. The van der Waals surface area contributed by atoms with Crippen LogP contribution in [0.2, 0.25) is 0 Å². The molecular formula is C25H23N3O4. The van der Waals surface area contributed by atoms with Gasteiger partial charge in [0.05, 0.1) is 0 Å². The highest BCUT2D eigenvalue weighted by molar-refractivity contribution is 5.83. The Morgan fingerprint density at radius 1 is 1.09 bits per heavy atom. The van der Waals surface area contributed by atoms with Gasteiger partial charge in [-0.15, -0.1) is 0 Å². The molecule has 0 saturated carbocycles. The van der Waals surface area contributed by atoms with Crippen molar-refractivity contribution in [3.63, 3.8) is 0 Å². The molecule has 7 heteroatoms. The van der Waals surface area contributed by atoms with Gasteiger partial charge in [-0.1, -0.05) is 42.5 Å². The van der Waals surface area contributed by atoms with Gasteiger partial charge in [0.15, 0.2) is 0 Å². The molecule has 0 aliphatic carbocycles. The Bertz CT molecular complexity index is 1180. The Balaban J connectivity index is 1.23. The Morgan fingerprint density at radius 3 is 2.69 bits per heavy atom. The van der Waals surface area contributed by atoms with Gasteiger partial charge in [0.1, 0.15) is 24.3 Å². The predicted molar refractivity (Wildman–Crippen MR) is 120 cm³/mol. The third-order valence-electron chi connectivity index (χ3n) is 4.87. The Kier molecular flexibility index (Phi) is 6.77. The van der Waals surface area contributed by atoms with E-state index in [1.165, 1.54) is 6.20 Å². The lowest BCUT2D eigenvalue weighted by molar-refractivity contribution is 0.0678. The molecule has 0 atom stereocenters. The van der Waals surface area contributed by atoms with Gasteiger partial charge < -0.3 is 18.8 Å². The molecule has 4 rings (SSSR count). The van der Waals surface area contributed by atoms with E-state index in [2.05, 4.69) is 9.97 Å². The van der Waals surface area contributed by atoms with Gasteiger partial charge in [0.25, 0.3) is 0 Å². The summed E-state index contributed by atoms with van der Waals surface area (Å²) in [6, 6.07) is 17.8. The number of nitrogens with zero attached hydrogens (tertiary/aromatic N) is 3. The van der Waals surface area contributed by atoms with Crippen molar-refractivity contribution in [2.75, 3.05) is 0 Å². The van der Waals surface area contributed by atoms with Crippen LogP contribution in [0.4, 0.5) is 0 Å². The van der Waals surface area contributed by atoms with E-state index >= 15 is 0 Å². The number of ether oxygens (including phenoxy) is 1. The lowest BCUT2D eigenvalue weighted by Crippen LogP contribution is -2.09. The first-order valence-electron chi connectivity index (χ1n) is 10.3. The largest absolute Gasteiger partial charge is 0.487 e. The summed E-state index contributed by atoms with van der Waals surface area (Å²) in [4.78, 5) is 19.4. The zero-order valence-corrected chi connectivity index (χ0v) is 17.4. The van der Waals surface area contributed by atoms with Crippen LogP contribution in [0.1, 0.15) is 39.8 Å². The van der Waals surface area contributed by atoms with E-state index in [-0.39, 0.29) is 5.82 Å². The van der Waals surface area contributed by atoms with Crippen molar-refractivity contribution in [1.29, 1.82) is 0 Å². The van der Waals surface area contributed by atoms with Crippen LogP contribution in [0.15, 0.2) is 77.7 Å². The Labute approximate surface area is 185 Å². The fourth-order valence-electron chi connectivity index (χ4n) is 3.25. The van der Waals surface area contributed by atoms with Crippen molar-refractivity contribution in [3.05, 3.63) is 102 Å². The second-order valence-corrected chi connectivity index (χ2v) is 7.21. The summed E-state index contributed by atoms with van der Waals surface area (Å²) >= 11 is 0. The molecule has 0 unspecified atom stereocenters. The lowest BCUT2D eigenvalue weighted by Gasteiger charge is -2.07. The van der Waals surface area contributed by atoms with Gasteiger partial charge in [-0.05, 0) is 42.2 Å². The highest BCUT2D eigenvalue weighted by Crippen LogP contribution is 2.16. The molecule has 32 heavy (non-hydrogen) atoms. The van der Waals surface area contributed by atoms with Crippen molar-refractivity contribution in [2.45, 2.75) is 26.0 Å². The van der Waals surface area contributed by atoms with E-state index in [1.54, 1.807) is 17.0 Å². The van der Waals surface area contributed by atoms with Crippen molar-refractivity contribution >= 4 is 18.1 Å². The summed E-state index contributed by atoms with van der Waals surface area (Å²) in [7, 11) is 0. The lowest BCUT2D eigenvalue weighted by atomic mass is 10.1. The second kappa shape index (κ2) is 10.3. The number of aromatic nitrogens is 3. The number of aromatic carboxylic acids is 1. The van der Waals surface area contributed by atoms with E-state index in [4.69, 9.17) is 14.3 Å². The Hall–Kier alpha value is -4.13. The van der Waals surface area contributed by atoms with Crippen LogP contribution in [0.25, 0.3) is 12.2 Å². The Morgan fingerprint density at radius 2 is 1.91 bits per heavy atom. The summed E-state index contributed by atoms with van der Waals surface area (Å²) in [5.74, 6) is 0.343. The fraction of sp³-hybridized carbons (Fsp3) is 0.160. The van der Waals surface area contributed by atoms with Gasteiger partial charge in [-0.2, -0.15) is 0 Å². The fourth-order valence-corrected chi connectivity index (χ4v) is 3.25. The summed E-state index contributed by atoms with van der Waals surface area (Å²) < 4.78 is 12.9. The number of hydrogen-bond donors (Lipinski definition) is 1. The van der Waals surface area contributed by atoms with Crippen molar-refractivity contribution in [2.24, 2.45) is 0 Å². The minimum absolute atomic E-state index is 0.0697. The van der Waals surface area contributed by atoms with Gasteiger partial charge in [-0.3, -0.25) is 0 Å². The molecule has 162 valence electrons. The summed E-state index contributed by atoms with van der Waals surface area (Å²) in [6.45, 7) is 0.924. The molecule has 0 saturated heterocycles. The molecule has 7 nitrogen and oxygen atoms in total. The number of imidazole rings is 1. The molecule has 0 aliphatic rings. The van der Waals surface area contributed by atoms with E-state index in [0.29, 0.717) is 19.0 Å². The van der Waals surface area contributed by atoms with Crippen LogP contribution in [0.3, 0.4) is 0 Å². The molecule has 2 aromatic heterocycles. The average Bonchev–Trinajstić information content (AvgIpc) is 3.47. The predicted octanol–water partition coefficient (Wildman–Crippen LogP) is 4.95. The first-order chi connectivity index (χ1) is 15.7. The van der Waals surface area contributed by atoms with E-state index in [9.17, 15) is 4.79 Å². The first-order valence-corrected chi connectivity index (χ1v) is 10.3. The normalized spacial score (nSPS) is 11.1. The number of hydrogen-bond acceptors (Lipinski definition) is 5. The number of oxazole rings is 1. The average molecular weight is 429 g/mol. The molecule has 2 aromatic carbocycles. The smallest absolute Gasteiger partial charge is 0.372 e. The number of carboxylic acid groups (broad SMARTS) is 1. The van der Waals surface area contributed by atoms with Crippen LogP contribution in [-0.4, -0.2) is 25.6 Å². The molecular weight excluding hydrogens is 406 g/mol. The van der Waals surface area contributed by atoms with Gasteiger partial charge in [0.2, 0.25) is 11.7 Å². The summed E-state index contributed by atoms with van der Waals surface area (Å²) in [5, 5.41) is 9.10. The van der Waals surface area contributed by atoms with Gasteiger partial charge in [-0.25, -0.2) is 14.8 Å². The molecule has 4 aromatic rings. The zero-order valence-electron chi connectivity index (χ0n) is 17.4. The SMILES string of the molecule is O=C(O)c1nccn1CCCc1ccc(OCc2coc(C=Cc3ccccc3)n2)cc1. The molecule has 0 fully saturated rings. The molecule has 1 N–H and O–H groups in total. The standard InChI is InChI=1S/C25H23N3O4/c29-25(30)24-26-14-16-28(24)15-4-7-20-8-11-22(12-9-20)31-17-21-18-32-23(27-21)13-10-19-5-2-1-3-6-19/h1-3,5-6,8-14,16,18H,4,7,15,17H2,(H,29,30). The number of rotatable bonds is 10. The molecule has 0 radical (unpaired) electrons. The first kappa shape index (κ1) is 21.1. The third-order valence-corrected chi connectivity index (χ3v) is 4.87. The highest BCUT2D eigenvalue weighted by Gasteiger charge is 2.10. The van der Waals surface area contributed by atoms with Gasteiger partial charge in [0, 0.05) is 25.0 Å². The van der Waals surface area contributed by atoms with Crippen LogP contribution in [0.5, 0.6) is 5.75 Å². The second-order valence-electron chi connectivity index (χ2n) is 7.21. The molecule has 0 amide bonds. The van der Waals surface area contributed by atoms with Crippen LogP contribution < -0.4 is 4.74 Å². The number of carbonyl (C=O) groups is 1. The van der Waals surface area contributed by atoms with E-state index in [1.807, 2.05) is 66.7 Å².